The predicted molar refractivity (Wildman–Crippen MR) is 106 cm³/mol. The first-order valence-corrected chi connectivity index (χ1v) is 9.01. The van der Waals surface area contributed by atoms with Gasteiger partial charge in [-0.1, -0.05) is 6.07 Å². The van der Waals surface area contributed by atoms with Crippen LogP contribution in [0.1, 0.15) is 18.2 Å². The van der Waals surface area contributed by atoms with E-state index in [1.807, 2.05) is 20.0 Å². The fourth-order valence-corrected chi connectivity index (χ4v) is 2.52. The summed E-state index contributed by atoms with van der Waals surface area (Å²) in [6.07, 6.45) is 4.92. The molecule has 0 fully saturated rings. The molecule has 7 nitrogen and oxygen atoms in total. The van der Waals surface area contributed by atoms with Gasteiger partial charge in [-0.05, 0) is 42.8 Å². The molecular formula is C20H23FN6O. The van der Waals surface area contributed by atoms with E-state index in [1.54, 1.807) is 41.3 Å². The number of hydrogen-bond acceptors (Lipinski definition) is 4. The van der Waals surface area contributed by atoms with Crippen molar-refractivity contribution in [2.24, 2.45) is 12.0 Å². The van der Waals surface area contributed by atoms with E-state index in [-0.39, 0.29) is 5.75 Å². The highest BCUT2D eigenvalue weighted by Gasteiger charge is 2.07. The Kier molecular flexibility index (Phi) is 6.56. The highest BCUT2D eigenvalue weighted by atomic mass is 19.1. The quantitative estimate of drug-likeness (QED) is 0.485. The molecular weight excluding hydrogens is 359 g/mol. The van der Waals surface area contributed by atoms with E-state index in [9.17, 15) is 4.39 Å². The van der Waals surface area contributed by atoms with Crippen LogP contribution in [0, 0.1) is 5.82 Å². The number of aromatic nitrogens is 3. The third-order valence-corrected chi connectivity index (χ3v) is 3.98. The molecule has 0 saturated carbocycles. The van der Waals surface area contributed by atoms with Gasteiger partial charge in [0.2, 0.25) is 0 Å². The molecule has 0 atom stereocenters. The van der Waals surface area contributed by atoms with E-state index in [2.05, 4.69) is 25.7 Å². The standard InChI is InChI=1S/C20H23FN6O/c1-3-23-20(25-13-16-8-10-26-27(16)2)24-12-15-6-7-19(18(21)11-15)28-17-5-4-9-22-14-17/h4-11,14H,3,12-13H2,1-2H3,(H2,23,24,25). The van der Waals surface area contributed by atoms with E-state index >= 15 is 0 Å². The Labute approximate surface area is 163 Å². The molecule has 0 radical (unpaired) electrons. The van der Waals surface area contributed by atoms with Gasteiger partial charge in [0.05, 0.1) is 25.0 Å². The van der Waals surface area contributed by atoms with E-state index in [0.717, 1.165) is 17.8 Å². The molecule has 0 saturated heterocycles. The average Bonchev–Trinajstić information content (AvgIpc) is 3.11. The second kappa shape index (κ2) is 9.50. The fraction of sp³-hybridized carbons (Fsp3) is 0.250. The Bertz CT molecular complexity index is 925. The monoisotopic (exact) mass is 382 g/mol. The van der Waals surface area contributed by atoms with Gasteiger partial charge in [-0.15, -0.1) is 0 Å². The van der Waals surface area contributed by atoms with Crippen LogP contribution < -0.4 is 15.4 Å². The van der Waals surface area contributed by atoms with Crippen LogP contribution in [0.25, 0.3) is 0 Å². The Morgan fingerprint density at radius 1 is 1.21 bits per heavy atom. The lowest BCUT2D eigenvalue weighted by Gasteiger charge is -2.12. The van der Waals surface area contributed by atoms with E-state index in [0.29, 0.717) is 24.8 Å². The Morgan fingerprint density at radius 3 is 2.79 bits per heavy atom. The lowest BCUT2D eigenvalue weighted by atomic mass is 10.2. The van der Waals surface area contributed by atoms with Gasteiger partial charge in [0.1, 0.15) is 5.75 Å². The number of nitrogens with zero attached hydrogens (tertiary/aromatic N) is 4. The minimum absolute atomic E-state index is 0.155. The Balaban J connectivity index is 1.63. The number of nitrogens with one attached hydrogen (secondary N) is 2. The maximum atomic E-state index is 14.4. The maximum Gasteiger partial charge on any atom is 0.191 e. The van der Waals surface area contributed by atoms with Gasteiger partial charge in [0, 0.05) is 26.0 Å². The van der Waals surface area contributed by atoms with Crippen molar-refractivity contribution in [2.45, 2.75) is 20.0 Å². The van der Waals surface area contributed by atoms with Gasteiger partial charge in [0.25, 0.3) is 0 Å². The summed E-state index contributed by atoms with van der Waals surface area (Å²) in [7, 11) is 1.89. The van der Waals surface area contributed by atoms with Crippen molar-refractivity contribution < 1.29 is 9.13 Å². The number of aliphatic imine (C=N–C) groups is 1. The molecule has 2 aromatic heterocycles. The van der Waals surface area contributed by atoms with Crippen LogP contribution in [-0.4, -0.2) is 27.3 Å². The largest absolute Gasteiger partial charge is 0.453 e. The van der Waals surface area contributed by atoms with Gasteiger partial charge in [-0.2, -0.15) is 5.10 Å². The third-order valence-electron chi connectivity index (χ3n) is 3.98. The Hall–Kier alpha value is -3.42. The van der Waals surface area contributed by atoms with E-state index in [1.165, 1.54) is 12.3 Å². The summed E-state index contributed by atoms with van der Waals surface area (Å²) in [5.74, 6) is 0.854. The second-order valence-corrected chi connectivity index (χ2v) is 6.05. The molecule has 2 heterocycles. The van der Waals surface area contributed by atoms with E-state index < -0.39 is 5.82 Å². The summed E-state index contributed by atoms with van der Waals surface area (Å²) in [6.45, 7) is 3.65. The number of pyridine rings is 1. The van der Waals surface area contributed by atoms with Crippen LogP contribution >= 0.6 is 0 Å². The molecule has 0 aliphatic heterocycles. The van der Waals surface area contributed by atoms with Gasteiger partial charge in [-0.25, -0.2) is 9.38 Å². The highest BCUT2D eigenvalue weighted by molar-refractivity contribution is 5.79. The van der Waals surface area contributed by atoms with Crippen molar-refractivity contribution in [1.82, 2.24) is 25.4 Å². The van der Waals surface area contributed by atoms with Crippen LogP contribution in [0.2, 0.25) is 0 Å². The predicted octanol–water partition coefficient (Wildman–Crippen LogP) is 3.00. The molecule has 2 N–H and O–H groups in total. The number of halogens is 1. The number of aryl methyl sites for hydroxylation is 1. The van der Waals surface area contributed by atoms with Crippen molar-refractivity contribution in [1.29, 1.82) is 0 Å². The molecule has 0 amide bonds. The van der Waals surface area contributed by atoms with Gasteiger partial charge in [0.15, 0.2) is 17.5 Å². The number of rotatable bonds is 7. The molecule has 0 aliphatic carbocycles. The molecule has 0 aliphatic rings. The van der Waals surface area contributed by atoms with Crippen LogP contribution in [0.15, 0.2) is 60.0 Å². The summed E-state index contributed by atoms with van der Waals surface area (Å²) in [5, 5.41) is 10.6. The molecule has 0 unspecified atom stereocenters. The Morgan fingerprint density at radius 2 is 2.11 bits per heavy atom. The van der Waals surface area contributed by atoms with Crippen molar-refractivity contribution in [2.75, 3.05) is 6.54 Å². The summed E-state index contributed by atoms with van der Waals surface area (Å²) >= 11 is 0. The number of ether oxygens (including phenoxy) is 1. The first kappa shape index (κ1) is 19.3. The molecule has 146 valence electrons. The van der Waals surface area contributed by atoms with Gasteiger partial charge < -0.3 is 15.4 Å². The summed E-state index contributed by atoms with van der Waals surface area (Å²) < 4.78 is 21.7. The molecule has 0 spiro atoms. The minimum Gasteiger partial charge on any atom is -0.453 e. The summed E-state index contributed by atoms with van der Waals surface area (Å²) in [6, 6.07) is 10.2. The second-order valence-electron chi connectivity index (χ2n) is 6.05. The smallest absolute Gasteiger partial charge is 0.191 e. The van der Waals surface area contributed by atoms with Crippen LogP contribution in [0.4, 0.5) is 4.39 Å². The summed E-state index contributed by atoms with van der Waals surface area (Å²) in [5.41, 5.74) is 1.78. The average molecular weight is 382 g/mol. The van der Waals surface area contributed by atoms with Crippen molar-refractivity contribution in [3.63, 3.8) is 0 Å². The molecule has 0 bridgehead atoms. The SMILES string of the molecule is CCNC(=NCc1ccc(Oc2cccnc2)c(F)c1)NCc1ccnn1C. The zero-order chi connectivity index (χ0) is 19.8. The summed E-state index contributed by atoms with van der Waals surface area (Å²) in [4.78, 5) is 8.47. The molecule has 3 aromatic rings. The molecule has 28 heavy (non-hydrogen) atoms. The van der Waals surface area contributed by atoms with Crippen LogP contribution in [0.3, 0.4) is 0 Å². The number of hydrogen-bond donors (Lipinski definition) is 2. The molecule has 3 rings (SSSR count). The lowest BCUT2D eigenvalue weighted by Crippen LogP contribution is -2.37. The molecule has 1 aromatic carbocycles. The number of guanidine groups is 1. The van der Waals surface area contributed by atoms with E-state index in [4.69, 9.17) is 4.74 Å². The lowest BCUT2D eigenvalue weighted by molar-refractivity contribution is 0.440. The van der Waals surface area contributed by atoms with Crippen LogP contribution in [-0.2, 0) is 20.1 Å². The topological polar surface area (TPSA) is 76.4 Å². The minimum atomic E-state index is -0.440. The number of benzene rings is 1. The fourth-order valence-electron chi connectivity index (χ4n) is 2.52. The third kappa shape index (κ3) is 5.29. The van der Waals surface area contributed by atoms with Crippen molar-refractivity contribution in [3.8, 4) is 11.5 Å². The van der Waals surface area contributed by atoms with Gasteiger partial charge >= 0.3 is 0 Å². The first-order chi connectivity index (χ1) is 13.7. The van der Waals surface area contributed by atoms with Crippen LogP contribution in [0.5, 0.6) is 11.5 Å². The normalized spacial score (nSPS) is 11.3. The molecule has 8 heteroatoms. The maximum absolute atomic E-state index is 14.4. The van der Waals surface area contributed by atoms with Gasteiger partial charge in [-0.3, -0.25) is 9.67 Å². The highest BCUT2D eigenvalue weighted by Crippen LogP contribution is 2.24. The zero-order valence-electron chi connectivity index (χ0n) is 15.9. The van der Waals surface area contributed by atoms with Crippen molar-refractivity contribution >= 4 is 5.96 Å². The zero-order valence-corrected chi connectivity index (χ0v) is 15.9. The van der Waals surface area contributed by atoms with Crippen molar-refractivity contribution in [3.05, 3.63) is 72.1 Å². The first-order valence-electron chi connectivity index (χ1n) is 9.01.